The Hall–Kier alpha value is -2.25. The number of amides is 2. The van der Waals surface area contributed by atoms with Gasteiger partial charge < -0.3 is 16.0 Å². The molecular weight excluding hydrogens is 341 g/mol. The van der Waals surface area contributed by atoms with E-state index in [0.717, 1.165) is 18.4 Å². The summed E-state index contributed by atoms with van der Waals surface area (Å²) in [6.07, 6.45) is 1.89. The number of thiophene rings is 1. The van der Waals surface area contributed by atoms with Gasteiger partial charge in [-0.15, -0.1) is 11.3 Å². The summed E-state index contributed by atoms with van der Waals surface area (Å²) >= 11 is 1.24. The fraction of sp³-hybridized carbons (Fsp3) is 0.333. The van der Waals surface area contributed by atoms with E-state index in [1.807, 2.05) is 11.8 Å². The van der Waals surface area contributed by atoms with Crippen molar-refractivity contribution < 1.29 is 14.0 Å². The van der Waals surface area contributed by atoms with E-state index in [-0.39, 0.29) is 17.5 Å². The number of nitrogens with zero attached hydrogens (tertiary/aromatic N) is 1. The van der Waals surface area contributed by atoms with Gasteiger partial charge >= 0.3 is 0 Å². The number of benzene rings is 1. The van der Waals surface area contributed by atoms with Gasteiger partial charge in [-0.1, -0.05) is 6.07 Å². The lowest BCUT2D eigenvalue weighted by atomic mass is 10.2. The van der Waals surface area contributed by atoms with E-state index < -0.39 is 11.7 Å². The quantitative estimate of drug-likeness (QED) is 0.879. The second-order valence-electron chi connectivity index (χ2n) is 6.12. The van der Waals surface area contributed by atoms with Crippen molar-refractivity contribution in [3.05, 3.63) is 52.2 Å². The molecule has 2 amide bonds. The number of anilines is 1. The Morgan fingerprint density at radius 3 is 2.92 bits per heavy atom. The van der Waals surface area contributed by atoms with Crippen LogP contribution in [0.3, 0.4) is 0 Å². The number of rotatable bonds is 4. The van der Waals surface area contributed by atoms with E-state index in [4.69, 9.17) is 5.73 Å². The van der Waals surface area contributed by atoms with Crippen LogP contribution in [-0.2, 0) is 0 Å². The van der Waals surface area contributed by atoms with Crippen LogP contribution >= 0.6 is 11.3 Å². The summed E-state index contributed by atoms with van der Waals surface area (Å²) in [4.78, 5) is 27.4. The molecule has 0 saturated carbocycles. The minimum atomic E-state index is -0.465. The molecule has 1 aromatic carbocycles. The first-order chi connectivity index (χ1) is 12.0. The summed E-state index contributed by atoms with van der Waals surface area (Å²) in [5, 5.41) is 3.30. The summed E-state index contributed by atoms with van der Waals surface area (Å²) < 4.78 is 13.2. The molecule has 1 aliphatic heterocycles. The fourth-order valence-electron chi connectivity index (χ4n) is 3.05. The van der Waals surface area contributed by atoms with Crippen molar-refractivity contribution in [2.75, 3.05) is 18.4 Å². The smallest absolute Gasteiger partial charge is 0.264 e. The number of nitrogens with one attached hydrogen (secondary N) is 1. The Morgan fingerprint density at radius 1 is 1.40 bits per heavy atom. The summed E-state index contributed by atoms with van der Waals surface area (Å²) in [5.41, 5.74) is 6.80. The SMILES string of the molecule is Cc1cc(NC(=O)c2cccc(F)c2)sc1C(=O)N1CCCC1CN. The van der Waals surface area contributed by atoms with Gasteiger partial charge in [0.05, 0.1) is 9.88 Å². The first-order valence-electron chi connectivity index (χ1n) is 8.18. The van der Waals surface area contributed by atoms with Crippen molar-refractivity contribution >= 4 is 28.2 Å². The van der Waals surface area contributed by atoms with Crippen molar-refractivity contribution in [3.8, 4) is 0 Å². The van der Waals surface area contributed by atoms with Crippen molar-refractivity contribution in [2.45, 2.75) is 25.8 Å². The van der Waals surface area contributed by atoms with Crippen LogP contribution in [0, 0.1) is 12.7 Å². The Kier molecular flexibility index (Phi) is 5.15. The Balaban J connectivity index is 1.76. The maximum Gasteiger partial charge on any atom is 0.264 e. The minimum Gasteiger partial charge on any atom is -0.334 e. The minimum absolute atomic E-state index is 0.0401. The van der Waals surface area contributed by atoms with Gasteiger partial charge in [-0.3, -0.25) is 9.59 Å². The van der Waals surface area contributed by atoms with E-state index in [1.165, 1.54) is 29.5 Å². The van der Waals surface area contributed by atoms with Crippen molar-refractivity contribution in [1.82, 2.24) is 4.90 Å². The van der Waals surface area contributed by atoms with Crippen LogP contribution in [0.5, 0.6) is 0 Å². The third-order valence-electron chi connectivity index (χ3n) is 4.35. The molecule has 132 valence electrons. The molecule has 0 spiro atoms. The molecule has 2 aromatic rings. The number of likely N-dealkylation sites (tertiary alicyclic amines) is 1. The predicted octanol–water partition coefficient (Wildman–Crippen LogP) is 3.01. The molecule has 3 rings (SSSR count). The second-order valence-corrected chi connectivity index (χ2v) is 7.17. The van der Waals surface area contributed by atoms with E-state index >= 15 is 0 Å². The van der Waals surface area contributed by atoms with Crippen LogP contribution in [0.25, 0.3) is 0 Å². The molecule has 1 aromatic heterocycles. The van der Waals surface area contributed by atoms with Gasteiger partial charge in [0.1, 0.15) is 5.82 Å². The Labute approximate surface area is 149 Å². The van der Waals surface area contributed by atoms with E-state index in [9.17, 15) is 14.0 Å². The first kappa shape index (κ1) is 17.6. The van der Waals surface area contributed by atoms with E-state index in [2.05, 4.69) is 5.32 Å². The van der Waals surface area contributed by atoms with Crippen LogP contribution in [-0.4, -0.2) is 35.8 Å². The number of hydrogen-bond acceptors (Lipinski definition) is 4. The van der Waals surface area contributed by atoms with Gasteiger partial charge in [0.15, 0.2) is 0 Å². The molecule has 0 radical (unpaired) electrons. The molecule has 0 bridgehead atoms. The molecule has 1 fully saturated rings. The van der Waals surface area contributed by atoms with Crippen molar-refractivity contribution in [2.24, 2.45) is 5.73 Å². The monoisotopic (exact) mass is 361 g/mol. The molecule has 1 unspecified atom stereocenters. The van der Waals surface area contributed by atoms with Crippen molar-refractivity contribution in [3.63, 3.8) is 0 Å². The highest BCUT2D eigenvalue weighted by Gasteiger charge is 2.30. The molecule has 7 heteroatoms. The molecule has 1 saturated heterocycles. The maximum absolute atomic E-state index is 13.2. The summed E-state index contributed by atoms with van der Waals surface area (Å²) in [7, 11) is 0. The molecule has 1 aliphatic rings. The van der Waals surface area contributed by atoms with Crippen LogP contribution in [0.15, 0.2) is 30.3 Å². The van der Waals surface area contributed by atoms with Gasteiger partial charge in [0.2, 0.25) is 0 Å². The zero-order valence-electron chi connectivity index (χ0n) is 13.9. The van der Waals surface area contributed by atoms with E-state index in [0.29, 0.717) is 23.0 Å². The highest BCUT2D eigenvalue weighted by molar-refractivity contribution is 7.18. The number of carbonyl (C=O) groups excluding carboxylic acids is 2. The number of hydrogen-bond donors (Lipinski definition) is 2. The topological polar surface area (TPSA) is 75.4 Å². The van der Waals surface area contributed by atoms with Crippen molar-refractivity contribution in [1.29, 1.82) is 0 Å². The molecule has 3 N–H and O–H groups in total. The molecular formula is C18H20FN3O2S. The first-order valence-corrected chi connectivity index (χ1v) is 8.99. The zero-order valence-corrected chi connectivity index (χ0v) is 14.7. The van der Waals surface area contributed by atoms with Gasteiger partial charge in [0.25, 0.3) is 11.8 Å². The van der Waals surface area contributed by atoms with Gasteiger partial charge in [0, 0.05) is 24.7 Å². The van der Waals surface area contributed by atoms with Crippen LogP contribution in [0.2, 0.25) is 0 Å². The Bertz CT molecular complexity index is 805. The third kappa shape index (κ3) is 3.72. The Morgan fingerprint density at radius 2 is 2.20 bits per heavy atom. The molecule has 2 heterocycles. The lowest BCUT2D eigenvalue weighted by Crippen LogP contribution is -2.39. The molecule has 0 aliphatic carbocycles. The average molecular weight is 361 g/mol. The van der Waals surface area contributed by atoms with Crippen LogP contribution in [0.1, 0.15) is 38.4 Å². The lowest BCUT2D eigenvalue weighted by Gasteiger charge is -2.23. The standard InChI is InChI=1S/C18H20FN3O2S/c1-11-8-15(21-17(23)12-4-2-5-13(19)9-12)25-16(11)18(24)22-7-3-6-14(22)10-20/h2,4-5,8-9,14H,3,6-7,10,20H2,1H3,(H,21,23). The third-order valence-corrected chi connectivity index (χ3v) is 5.49. The molecule has 1 atom stereocenters. The number of halogens is 1. The predicted molar refractivity (Wildman–Crippen MR) is 96.5 cm³/mol. The fourth-order valence-corrected chi connectivity index (χ4v) is 4.07. The largest absolute Gasteiger partial charge is 0.334 e. The van der Waals surface area contributed by atoms with Gasteiger partial charge in [-0.05, 0) is 49.6 Å². The summed E-state index contributed by atoms with van der Waals surface area (Å²) in [5.74, 6) is -0.907. The zero-order chi connectivity index (χ0) is 18.0. The molecule has 25 heavy (non-hydrogen) atoms. The highest BCUT2D eigenvalue weighted by Crippen LogP contribution is 2.30. The molecule has 5 nitrogen and oxygen atoms in total. The average Bonchev–Trinajstić information content (AvgIpc) is 3.20. The van der Waals surface area contributed by atoms with Gasteiger partial charge in [-0.2, -0.15) is 0 Å². The van der Waals surface area contributed by atoms with Crippen LogP contribution < -0.4 is 11.1 Å². The summed E-state index contributed by atoms with van der Waals surface area (Å²) in [6.45, 7) is 3.01. The maximum atomic E-state index is 13.2. The second kappa shape index (κ2) is 7.33. The summed E-state index contributed by atoms with van der Waals surface area (Å²) in [6, 6.07) is 7.34. The van der Waals surface area contributed by atoms with Gasteiger partial charge in [-0.25, -0.2) is 4.39 Å². The van der Waals surface area contributed by atoms with Crippen LogP contribution in [0.4, 0.5) is 9.39 Å². The lowest BCUT2D eigenvalue weighted by molar-refractivity contribution is 0.0745. The highest BCUT2D eigenvalue weighted by atomic mass is 32.1. The number of nitrogens with two attached hydrogens (primary N) is 1. The number of carbonyl (C=O) groups is 2. The normalized spacial score (nSPS) is 16.9. The number of aryl methyl sites for hydroxylation is 1. The van der Waals surface area contributed by atoms with E-state index in [1.54, 1.807) is 12.1 Å².